The third-order valence-electron chi connectivity index (χ3n) is 4.17. The first-order chi connectivity index (χ1) is 11.3. The molecule has 0 radical (unpaired) electrons. The molecule has 1 N–H and O–H groups in total. The molecule has 1 aliphatic rings. The Morgan fingerprint density at radius 1 is 1.35 bits per heavy atom. The molecule has 2 aromatic rings. The van der Waals surface area contributed by atoms with E-state index in [2.05, 4.69) is 15.5 Å². The van der Waals surface area contributed by atoms with E-state index in [1.165, 1.54) is 0 Å². The van der Waals surface area contributed by atoms with Gasteiger partial charge in [-0.2, -0.15) is 4.98 Å². The zero-order valence-electron chi connectivity index (χ0n) is 13.4. The first-order valence-corrected chi connectivity index (χ1v) is 8.12. The van der Waals surface area contributed by atoms with Crippen LogP contribution in [0.3, 0.4) is 0 Å². The van der Waals surface area contributed by atoms with Crippen LogP contribution in [0.4, 0.5) is 0 Å². The topological polar surface area (TPSA) is 71.3 Å². The monoisotopic (exact) mass is 314 g/mol. The van der Waals surface area contributed by atoms with Gasteiger partial charge in [0.05, 0.1) is 0 Å². The Kier molecular flexibility index (Phi) is 5.02. The SMILES string of the molecule is CNCCC(=O)N1CCCCC1c1nc(-c2ccccc2)no1. The van der Waals surface area contributed by atoms with Crippen molar-refractivity contribution in [3.63, 3.8) is 0 Å². The van der Waals surface area contributed by atoms with Crippen LogP contribution < -0.4 is 5.32 Å². The van der Waals surface area contributed by atoms with Crippen molar-refractivity contribution in [2.24, 2.45) is 0 Å². The van der Waals surface area contributed by atoms with E-state index in [1.54, 1.807) is 0 Å². The number of carbonyl (C=O) groups is 1. The van der Waals surface area contributed by atoms with Gasteiger partial charge in [-0.1, -0.05) is 35.5 Å². The van der Waals surface area contributed by atoms with Gasteiger partial charge in [0, 0.05) is 25.1 Å². The number of carbonyl (C=O) groups excluding carboxylic acids is 1. The molecule has 1 unspecified atom stereocenters. The van der Waals surface area contributed by atoms with E-state index in [9.17, 15) is 4.79 Å². The Hall–Kier alpha value is -2.21. The van der Waals surface area contributed by atoms with Gasteiger partial charge in [0.1, 0.15) is 6.04 Å². The normalized spacial score (nSPS) is 18.1. The summed E-state index contributed by atoms with van der Waals surface area (Å²) in [4.78, 5) is 18.8. The number of likely N-dealkylation sites (tertiary alicyclic amines) is 1. The molecule has 6 nitrogen and oxygen atoms in total. The van der Waals surface area contributed by atoms with Crippen molar-refractivity contribution in [2.45, 2.75) is 31.7 Å². The van der Waals surface area contributed by atoms with Crippen molar-refractivity contribution in [3.8, 4) is 11.4 Å². The highest BCUT2D eigenvalue weighted by molar-refractivity contribution is 5.77. The Morgan fingerprint density at radius 3 is 2.96 bits per heavy atom. The summed E-state index contributed by atoms with van der Waals surface area (Å²) >= 11 is 0. The van der Waals surface area contributed by atoms with E-state index in [4.69, 9.17) is 4.52 Å². The molecule has 1 aromatic heterocycles. The van der Waals surface area contributed by atoms with Crippen LogP contribution in [0.2, 0.25) is 0 Å². The van der Waals surface area contributed by atoms with Crippen molar-refractivity contribution >= 4 is 5.91 Å². The van der Waals surface area contributed by atoms with Crippen molar-refractivity contribution < 1.29 is 9.32 Å². The number of nitrogens with zero attached hydrogens (tertiary/aromatic N) is 3. The van der Waals surface area contributed by atoms with E-state index in [-0.39, 0.29) is 11.9 Å². The maximum absolute atomic E-state index is 12.4. The predicted octanol–water partition coefficient (Wildman–Crippen LogP) is 2.40. The third kappa shape index (κ3) is 3.59. The second kappa shape index (κ2) is 7.37. The number of rotatable bonds is 5. The summed E-state index contributed by atoms with van der Waals surface area (Å²) in [6.07, 6.45) is 3.47. The molecule has 3 rings (SSSR count). The van der Waals surface area contributed by atoms with Gasteiger partial charge in [0.25, 0.3) is 0 Å². The fourth-order valence-corrected chi connectivity index (χ4v) is 2.94. The molecule has 23 heavy (non-hydrogen) atoms. The van der Waals surface area contributed by atoms with E-state index < -0.39 is 0 Å². The molecule has 0 saturated carbocycles. The summed E-state index contributed by atoms with van der Waals surface area (Å²) < 4.78 is 5.47. The lowest BCUT2D eigenvalue weighted by Crippen LogP contribution is -2.39. The van der Waals surface area contributed by atoms with Crippen LogP contribution in [0, 0.1) is 0 Å². The average Bonchev–Trinajstić information content (AvgIpc) is 3.10. The van der Waals surface area contributed by atoms with E-state index in [1.807, 2.05) is 42.3 Å². The van der Waals surface area contributed by atoms with Gasteiger partial charge in [0.15, 0.2) is 0 Å². The van der Waals surface area contributed by atoms with Gasteiger partial charge >= 0.3 is 0 Å². The number of aromatic nitrogens is 2. The van der Waals surface area contributed by atoms with Crippen molar-refractivity contribution in [3.05, 3.63) is 36.2 Å². The molecule has 1 saturated heterocycles. The minimum absolute atomic E-state index is 0.0990. The predicted molar refractivity (Wildman–Crippen MR) is 86.6 cm³/mol. The van der Waals surface area contributed by atoms with Crippen LogP contribution >= 0.6 is 0 Å². The Morgan fingerprint density at radius 2 is 2.17 bits per heavy atom. The summed E-state index contributed by atoms with van der Waals surface area (Å²) in [7, 11) is 1.85. The molecular weight excluding hydrogens is 292 g/mol. The number of amides is 1. The van der Waals surface area contributed by atoms with Crippen molar-refractivity contribution in [1.82, 2.24) is 20.4 Å². The third-order valence-corrected chi connectivity index (χ3v) is 4.17. The van der Waals surface area contributed by atoms with Gasteiger partial charge in [0.2, 0.25) is 17.6 Å². The maximum atomic E-state index is 12.4. The van der Waals surface area contributed by atoms with Crippen LogP contribution in [-0.2, 0) is 4.79 Å². The first kappa shape index (κ1) is 15.7. The molecule has 0 bridgehead atoms. The molecule has 1 aliphatic heterocycles. The van der Waals surface area contributed by atoms with E-state index >= 15 is 0 Å². The fourth-order valence-electron chi connectivity index (χ4n) is 2.94. The van der Waals surface area contributed by atoms with Gasteiger partial charge < -0.3 is 14.7 Å². The highest BCUT2D eigenvalue weighted by Gasteiger charge is 2.31. The molecule has 1 aromatic carbocycles. The summed E-state index contributed by atoms with van der Waals surface area (Å²) in [6, 6.07) is 9.64. The lowest BCUT2D eigenvalue weighted by Gasteiger charge is -2.33. The van der Waals surface area contributed by atoms with Crippen LogP contribution in [0.15, 0.2) is 34.9 Å². The number of nitrogens with one attached hydrogen (secondary N) is 1. The van der Waals surface area contributed by atoms with Crippen LogP contribution in [-0.4, -0.2) is 41.1 Å². The number of benzene rings is 1. The molecule has 0 spiro atoms. The summed E-state index contributed by atoms with van der Waals surface area (Å²) in [5.74, 6) is 1.26. The van der Waals surface area contributed by atoms with Crippen LogP contribution in [0.25, 0.3) is 11.4 Å². The fraction of sp³-hybridized carbons (Fsp3) is 0.471. The molecule has 6 heteroatoms. The van der Waals surface area contributed by atoms with E-state index in [0.29, 0.717) is 24.7 Å². The summed E-state index contributed by atoms with van der Waals surface area (Å²) in [6.45, 7) is 1.44. The van der Waals surface area contributed by atoms with Crippen LogP contribution in [0.5, 0.6) is 0 Å². The first-order valence-electron chi connectivity index (χ1n) is 8.12. The Labute approximate surface area is 135 Å². The zero-order chi connectivity index (χ0) is 16.1. The van der Waals surface area contributed by atoms with Crippen molar-refractivity contribution in [1.29, 1.82) is 0 Å². The molecule has 1 amide bonds. The number of piperidine rings is 1. The van der Waals surface area contributed by atoms with Gasteiger partial charge in [-0.3, -0.25) is 4.79 Å². The second-order valence-electron chi connectivity index (χ2n) is 5.77. The lowest BCUT2D eigenvalue weighted by atomic mass is 10.0. The Bertz CT molecular complexity index is 641. The van der Waals surface area contributed by atoms with Gasteiger partial charge in [-0.25, -0.2) is 0 Å². The number of hydrogen-bond acceptors (Lipinski definition) is 5. The minimum atomic E-state index is -0.0990. The maximum Gasteiger partial charge on any atom is 0.249 e. The van der Waals surface area contributed by atoms with Gasteiger partial charge in [-0.15, -0.1) is 0 Å². The highest BCUT2D eigenvalue weighted by atomic mass is 16.5. The minimum Gasteiger partial charge on any atom is -0.337 e. The molecule has 1 atom stereocenters. The average molecular weight is 314 g/mol. The van der Waals surface area contributed by atoms with Crippen molar-refractivity contribution in [2.75, 3.05) is 20.1 Å². The molecule has 0 aliphatic carbocycles. The zero-order valence-corrected chi connectivity index (χ0v) is 13.4. The largest absolute Gasteiger partial charge is 0.337 e. The number of hydrogen-bond donors (Lipinski definition) is 1. The Balaban J connectivity index is 1.78. The molecule has 1 fully saturated rings. The smallest absolute Gasteiger partial charge is 0.249 e. The summed E-state index contributed by atoms with van der Waals surface area (Å²) in [5, 5.41) is 7.10. The molecule has 122 valence electrons. The summed E-state index contributed by atoms with van der Waals surface area (Å²) in [5.41, 5.74) is 0.923. The quantitative estimate of drug-likeness (QED) is 0.917. The molecular formula is C17H22N4O2. The standard InChI is InChI=1S/C17H22N4O2/c1-18-11-10-15(22)21-12-6-5-9-14(21)17-19-16(20-23-17)13-7-3-2-4-8-13/h2-4,7-8,14,18H,5-6,9-12H2,1H3. The van der Waals surface area contributed by atoms with E-state index in [0.717, 1.165) is 31.4 Å². The van der Waals surface area contributed by atoms with Gasteiger partial charge in [-0.05, 0) is 26.3 Å². The van der Waals surface area contributed by atoms with Crippen LogP contribution in [0.1, 0.15) is 37.6 Å². The highest BCUT2D eigenvalue weighted by Crippen LogP contribution is 2.31. The molecule has 2 heterocycles. The lowest BCUT2D eigenvalue weighted by molar-refractivity contribution is -0.135. The second-order valence-corrected chi connectivity index (χ2v) is 5.77.